The fraction of sp³-hybridized carbons (Fsp3) is 0.500. The van der Waals surface area contributed by atoms with Gasteiger partial charge in [-0.1, -0.05) is 11.6 Å². The largest absolute Gasteiger partial charge is 0.466 e. The maximum atomic E-state index is 12.4. The van der Waals surface area contributed by atoms with Crippen LogP contribution in [0.1, 0.15) is 25.8 Å². The maximum Gasteiger partial charge on any atom is 0.308 e. The predicted octanol–water partition coefficient (Wildman–Crippen LogP) is 1.54. The van der Waals surface area contributed by atoms with Gasteiger partial charge in [0.25, 0.3) is 5.69 Å². The number of nitrogens with zero attached hydrogens (tertiary/aromatic N) is 1. The molecule has 25 heavy (non-hydrogen) atoms. The molecule has 0 saturated carbocycles. The molecule has 1 atom stereocenters. The van der Waals surface area contributed by atoms with Gasteiger partial charge in [0, 0.05) is 12.6 Å². The molecule has 0 heterocycles. The highest BCUT2D eigenvalue weighted by atomic mass is 35.5. The first-order valence-electron chi connectivity index (χ1n) is 7.22. The van der Waals surface area contributed by atoms with Crippen molar-refractivity contribution in [2.24, 2.45) is 0 Å². The standard InChI is InChI=1S/C14H19ClN2O7S/c1-4-24-13(18)7-14(3,19)8-16-25(22,23)12-6-11(17(20)21)10(15)5-9(12)2/h5-6,16,19H,4,7-8H2,1-3H3. The quantitative estimate of drug-likeness (QED) is 0.387. The predicted molar refractivity (Wildman–Crippen MR) is 89.9 cm³/mol. The van der Waals surface area contributed by atoms with E-state index in [4.69, 9.17) is 16.3 Å². The van der Waals surface area contributed by atoms with Crippen molar-refractivity contribution in [2.45, 2.75) is 37.7 Å². The lowest BCUT2D eigenvalue weighted by molar-refractivity contribution is -0.384. The highest BCUT2D eigenvalue weighted by molar-refractivity contribution is 7.89. The van der Waals surface area contributed by atoms with Crippen LogP contribution in [0.25, 0.3) is 0 Å². The average Bonchev–Trinajstić information content (AvgIpc) is 2.44. The van der Waals surface area contributed by atoms with Crippen LogP contribution < -0.4 is 4.72 Å². The van der Waals surface area contributed by atoms with Crippen LogP contribution in [0.4, 0.5) is 5.69 Å². The molecule has 0 fully saturated rings. The summed E-state index contributed by atoms with van der Waals surface area (Å²) >= 11 is 5.73. The van der Waals surface area contributed by atoms with Crippen molar-refractivity contribution in [3.63, 3.8) is 0 Å². The van der Waals surface area contributed by atoms with Crippen molar-refractivity contribution in [1.82, 2.24) is 4.72 Å². The van der Waals surface area contributed by atoms with Gasteiger partial charge in [-0.25, -0.2) is 13.1 Å². The van der Waals surface area contributed by atoms with Gasteiger partial charge in [-0.15, -0.1) is 0 Å². The Bertz CT molecular complexity index is 778. The van der Waals surface area contributed by atoms with Gasteiger partial charge in [0.15, 0.2) is 0 Å². The van der Waals surface area contributed by atoms with E-state index in [1.54, 1.807) is 6.92 Å². The highest BCUT2D eigenvalue weighted by Gasteiger charge is 2.29. The van der Waals surface area contributed by atoms with Crippen LogP contribution >= 0.6 is 11.6 Å². The summed E-state index contributed by atoms with van der Waals surface area (Å²) in [4.78, 5) is 21.2. The number of aryl methyl sites for hydroxylation is 1. The van der Waals surface area contributed by atoms with Crippen molar-refractivity contribution in [1.29, 1.82) is 0 Å². The summed E-state index contributed by atoms with van der Waals surface area (Å²) in [5.74, 6) is -0.676. The molecular formula is C14H19ClN2O7S. The molecule has 1 rings (SSSR count). The molecule has 1 unspecified atom stereocenters. The van der Waals surface area contributed by atoms with E-state index in [1.165, 1.54) is 19.9 Å². The van der Waals surface area contributed by atoms with Gasteiger partial charge in [-0.05, 0) is 32.4 Å². The number of carbonyl (C=O) groups excluding carboxylic acids is 1. The molecule has 0 bridgehead atoms. The number of aliphatic hydroxyl groups is 1. The first kappa shape index (κ1) is 21.3. The van der Waals surface area contributed by atoms with Crippen LogP contribution in [-0.2, 0) is 19.6 Å². The number of nitro groups is 1. The van der Waals surface area contributed by atoms with Gasteiger partial charge in [-0.2, -0.15) is 0 Å². The number of benzene rings is 1. The Hall–Kier alpha value is -1.75. The van der Waals surface area contributed by atoms with E-state index < -0.39 is 45.2 Å². The number of sulfonamides is 1. The van der Waals surface area contributed by atoms with E-state index in [0.717, 1.165) is 6.07 Å². The Balaban J connectivity index is 3.01. The van der Waals surface area contributed by atoms with Crippen LogP contribution in [0.3, 0.4) is 0 Å². The number of esters is 1. The number of rotatable bonds is 8. The fourth-order valence-electron chi connectivity index (χ4n) is 1.99. The number of halogens is 1. The normalized spacial score (nSPS) is 14.0. The number of carbonyl (C=O) groups is 1. The molecule has 0 saturated heterocycles. The van der Waals surface area contributed by atoms with Gasteiger partial charge in [0.05, 0.1) is 28.4 Å². The first-order chi connectivity index (χ1) is 11.4. The summed E-state index contributed by atoms with van der Waals surface area (Å²) in [5, 5.41) is 20.9. The summed E-state index contributed by atoms with van der Waals surface area (Å²) in [6.45, 7) is 3.95. The summed E-state index contributed by atoms with van der Waals surface area (Å²) < 4.78 is 31.6. The zero-order chi connectivity index (χ0) is 19.4. The molecule has 140 valence electrons. The van der Waals surface area contributed by atoms with E-state index >= 15 is 0 Å². The zero-order valence-electron chi connectivity index (χ0n) is 13.9. The van der Waals surface area contributed by atoms with Crippen molar-refractivity contribution < 1.29 is 28.0 Å². The second kappa shape index (κ2) is 8.09. The molecule has 1 aromatic rings. The Kier molecular flexibility index (Phi) is 6.89. The lowest BCUT2D eigenvalue weighted by atomic mass is 10.0. The zero-order valence-corrected chi connectivity index (χ0v) is 15.5. The lowest BCUT2D eigenvalue weighted by Gasteiger charge is -2.22. The number of ether oxygens (including phenoxy) is 1. The van der Waals surface area contributed by atoms with Gasteiger partial charge < -0.3 is 9.84 Å². The molecule has 0 radical (unpaired) electrons. The topological polar surface area (TPSA) is 136 Å². The molecule has 0 spiro atoms. The van der Waals surface area contributed by atoms with Crippen molar-refractivity contribution in [3.05, 3.63) is 32.8 Å². The molecule has 0 aliphatic rings. The minimum Gasteiger partial charge on any atom is -0.466 e. The molecule has 9 nitrogen and oxygen atoms in total. The first-order valence-corrected chi connectivity index (χ1v) is 9.08. The summed E-state index contributed by atoms with van der Waals surface area (Å²) in [5.41, 5.74) is -2.04. The van der Waals surface area contributed by atoms with Crippen molar-refractivity contribution in [3.8, 4) is 0 Å². The van der Waals surface area contributed by atoms with Crippen LogP contribution in [0, 0.1) is 17.0 Å². The van der Waals surface area contributed by atoms with E-state index in [2.05, 4.69) is 4.72 Å². The second-order valence-electron chi connectivity index (χ2n) is 5.63. The number of hydrogen-bond acceptors (Lipinski definition) is 7. The molecule has 2 N–H and O–H groups in total. The summed E-state index contributed by atoms with van der Waals surface area (Å²) in [6, 6.07) is 2.02. The summed E-state index contributed by atoms with van der Waals surface area (Å²) in [7, 11) is -4.17. The van der Waals surface area contributed by atoms with Crippen LogP contribution in [0.5, 0.6) is 0 Å². The average molecular weight is 395 g/mol. The monoisotopic (exact) mass is 394 g/mol. The van der Waals surface area contributed by atoms with E-state index in [9.17, 15) is 28.4 Å². The molecule has 0 amide bonds. The minimum atomic E-state index is -4.17. The molecule has 1 aromatic carbocycles. The Labute approximate surface area is 150 Å². The SMILES string of the molecule is CCOC(=O)CC(C)(O)CNS(=O)(=O)c1cc([N+](=O)[O-])c(Cl)cc1C. The van der Waals surface area contributed by atoms with Crippen LogP contribution in [0.15, 0.2) is 17.0 Å². The Morgan fingerprint density at radius 1 is 1.48 bits per heavy atom. The van der Waals surface area contributed by atoms with E-state index in [-0.39, 0.29) is 22.1 Å². The number of nitrogens with one attached hydrogen (secondary N) is 1. The van der Waals surface area contributed by atoms with Gasteiger partial charge in [-0.3, -0.25) is 14.9 Å². The molecule has 0 aliphatic carbocycles. The van der Waals surface area contributed by atoms with Crippen LogP contribution in [0.2, 0.25) is 5.02 Å². The Morgan fingerprint density at radius 2 is 2.08 bits per heavy atom. The fourth-order valence-corrected chi connectivity index (χ4v) is 3.68. The smallest absolute Gasteiger partial charge is 0.308 e. The minimum absolute atomic E-state index is 0.133. The lowest BCUT2D eigenvalue weighted by Crippen LogP contribution is -2.42. The third-order valence-electron chi connectivity index (χ3n) is 3.20. The molecule has 11 heteroatoms. The third-order valence-corrected chi connectivity index (χ3v) is 5.05. The van der Waals surface area contributed by atoms with Crippen molar-refractivity contribution in [2.75, 3.05) is 13.2 Å². The van der Waals surface area contributed by atoms with Crippen molar-refractivity contribution >= 4 is 33.3 Å². The van der Waals surface area contributed by atoms with E-state index in [1.807, 2.05) is 0 Å². The second-order valence-corrected chi connectivity index (χ2v) is 7.77. The number of hydrogen-bond donors (Lipinski definition) is 2. The van der Waals surface area contributed by atoms with Gasteiger partial charge in [0.1, 0.15) is 5.02 Å². The van der Waals surface area contributed by atoms with Crippen LogP contribution in [-0.4, -0.2) is 43.2 Å². The number of nitro benzene ring substituents is 1. The van der Waals surface area contributed by atoms with Gasteiger partial charge in [0.2, 0.25) is 10.0 Å². The molecular weight excluding hydrogens is 376 g/mol. The highest BCUT2D eigenvalue weighted by Crippen LogP contribution is 2.30. The van der Waals surface area contributed by atoms with Gasteiger partial charge >= 0.3 is 5.97 Å². The molecule has 0 aliphatic heterocycles. The van der Waals surface area contributed by atoms with E-state index in [0.29, 0.717) is 0 Å². The Morgan fingerprint density at radius 3 is 2.60 bits per heavy atom. The molecule has 0 aromatic heterocycles. The summed E-state index contributed by atoms with van der Waals surface area (Å²) in [6.07, 6.45) is -0.414. The third kappa shape index (κ3) is 5.92. The maximum absolute atomic E-state index is 12.4.